The molecule has 2 saturated carbocycles. The van der Waals surface area contributed by atoms with Crippen molar-refractivity contribution in [1.82, 2.24) is 25.5 Å². The van der Waals surface area contributed by atoms with Crippen molar-refractivity contribution < 1.29 is 47.6 Å². The third-order valence-corrected chi connectivity index (χ3v) is 15.2. The van der Waals surface area contributed by atoms with Gasteiger partial charge in [-0.25, -0.2) is 19.6 Å². The minimum Gasteiger partial charge on any atom is -0.497 e. The minimum atomic E-state index is -2.78. The Bertz CT molecular complexity index is 2230. The lowest BCUT2D eigenvalue weighted by Crippen LogP contribution is -2.56. The van der Waals surface area contributed by atoms with E-state index in [1.54, 1.807) is 32.0 Å². The predicted molar refractivity (Wildman–Crippen MR) is 241 cm³/mol. The topological polar surface area (TPSA) is 199 Å². The van der Waals surface area contributed by atoms with Crippen LogP contribution in [0.2, 0.25) is 0 Å². The number of hydrogen-bond donors (Lipinski definition) is 3. The highest BCUT2D eigenvalue weighted by Crippen LogP contribution is 2.46. The summed E-state index contributed by atoms with van der Waals surface area (Å²) in [5.74, 6) is -1.52. The fraction of sp³-hybridized carbons (Fsp3) is 0.600. The highest BCUT2D eigenvalue weighted by Gasteiger charge is 2.61. The first-order valence-electron chi connectivity index (χ1n) is 22.3. The van der Waals surface area contributed by atoms with E-state index >= 15 is 0 Å². The summed E-state index contributed by atoms with van der Waals surface area (Å²) < 4.78 is 36.6. The van der Waals surface area contributed by atoms with Crippen molar-refractivity contribution in [2.75, 3.05) is 44.5 Å². The number of anilines is 1. The Hall–Kier alpha value is -4.73. The van der Waals surface area contributed by atoms with E-state index in [4.69, 9.17) is 28.7 Å². The van der Waals surface area contributed by atoms with Gasteiger partial charge in [-0.05, 0) is 84.3 Å². The molecule has 0 radical (unpaired) electrons. The number of aromatic nitrogens is 2. The Balaban J connectivity index is 1.19. The number of thiazole rings is 1. The number of nitrogens with one attached hydrogen (secondary N) is 2. The Labute approximate surface area is 372 Å². The molecule has 6 atom stereocenters. The lowest BCUT2D eigenvalue weighted by atomic mass is 10.0. The van der Waals surface area contributed by atoms with E-state index in [1.807, 2.05) is 30.5 Å². The molecule has 4 aliphatic rings. The van der Waals surface area contributed by atoms with E-state index in [2.05, 4.69) is 29.4 Å². The molecule has 16 nitrogen and oxygen atoms in total. The molecule has 7 rings (SSSR count). The molecule has 342 valence electrons. The fourth-order valence-electron chi connectivity index (χ4n) is 8.91. The largest absolute Gasteiger partial charge is 0.497 e. The van der Waals surface area contributed by atoms with Gasteiger partial charge in [0.25, 0.3) is 0 Å². The van der Waals surface area contributed by atoms with Crippen molar-refractivity contribution >= 4 is 58.6 Å². The molecule has 3 amide bonds. The number of benzene rings is 1. The second-order valence-corrected chi connectivity index (χ2v) is 21.1. The van der Waals surface area contributed by atoms with E-state index < -0.39 is 55.0 Å². The molecule has 0 spiro atoms. The maximum absolute atomic E-state index is 14.7. The van der Waals surface area contributed by atoms with Gasteiger partial charge in [-0.1, -0.05) is 25.0 Å². The highest BCUT2D eigenvalue weighted by molar-refractivity contribution is 7.58. The maximum Gasteiger partial charge on any atom is 0.408 e. The zero-order valence-corrected chi connectivity index (χ0v) is 38.6. The van der Waals surface area contributed by atoms with Crippen LogP contribution in [0.4, 0.5) is 9.93 Å². The van der Waals surface area contributed by atoms with Gasteiger partial charge in [-0.2, -0.15) is 0 Å². The van der Waals surface area contributed by atoms with Crippen LogP contribution in [0.3, 0.4) is 0 Å². The van der Waals surface area contributed by atoms with Gasteiger partial charge in [0, 0.05) is 60.7 Å². The summed E-state index contributed by atoms with van der Waals surface area (Å²) in [5, 5.41) is 19.3. The highest BCUT2D eigenvalue weighted by atomic mass is 32.1. The van der Waals surface area contributed by atoms with Crippen LogP contribution in [0, 0.1) is 5.92 Å². The van der Waals surface area contributed by atoms with Crippen molar-refractivity contribution in [2.24, 2.45) is 5.92 Å². The fourth-order valence-corrected chi connectivity index (χ4v) is 11.1. The minimum absolute atomic E-state index is 0.00128. The van der Waals surface area contributed by atoms with Gasteiger partial charge in [0.15, 0.2) is 5.13 Å². The second-order valence-electron chi connectivity index (χ2n) is 17.5. The van der Waals surface area contributed by atoms with Gasteiger partial charge in [0.2, 0.25) is 19.2 Å². The first kappa shape index (κ1) is 46.3. The van der Waals surface area contributed by atoms with Crippen molar-refractivity contribution in [1.29, 1.82) is 0 Å². The van der Waals surface area contributed by atoms with Gasteiger partial charge < -0.3 is 44.3 Å². The molecule has 2 aromatic heterocycles. The number of pyridine rings is 1. The lowest BCUT2D eigenvalue weighted by molar-refractivity contribution is -0.145. The van der Waals surface area contributed by atoms with Crippen LogP contribution in [0.1, 0.15) is 91.4 Å². The van der Waals surface area contributed by atoms with Crippen LogP contribution in [0.15, 0.2) is 41.8 Å². The van der Waals surface area contributed by atoms with E-state index in [1.165, 1.54) is 16.2 Å². The number of rotatable bonds is 14. The molecule has 1 saturated heterocycles. The molecule has 2 aliphatic carbocycles. The number of ether oxygens (including phenoxy) is 3. The standard InChI is InChI=1S/C45H61N6O10PS/c1-6-59-62(5,57)21-20-50(28(2)3)43-47-37(27-63-43)36-24-39(33-19-18-31(58-4)22-35(33)46-36)60-32-23-38-40(52)49-45(42(54)55)25-29(45)14-10-8-7-9-11-17-34(41(53)51(38)26-32)48-44(56)61-30-15-12-13-16-30/h10,14,18-19,22,24,27-30,32,34,38H,6-9,11-13,15-17,20-21,23,25-26H2,1-5H3,(H,48,56)(H,49,52)(H,54,55)/b14-10-/t29-,32+,34-,38-,45+,62?/m0/s1. The average Bonchev–Trinajstić information content (AvgIpc) is 3.69. The van der Waals surface area contributed by atoms with Crippen LogP contribution in [0.5, 0.6) is 11.5 Å². The smallest absolute Gasteiger partial charge is 0.408 e. The van der Waals surface area contributed by atoms with Gasteiger partial charge in [-0.15, -0.1) is 11.3 Å². The summed E-state index contributed by atoms with van der Waals surface area (Å²) >= 11 is 1.45. The number of carbonyl (C=O) groups is 4. The van der Waals surface area contributed by atoms with E-state index in [9.17, 15) is 28.8 Å². The van der Waals surface area contributed by atoms with Gasteiger partial charge in [0.1, 0.15) is 47.0 Å². The van der Waals surface area contributed by atoms with Crippen molar-refractivity contribution in [2.45, 2.75) is 127 Å². The number of carboxylic acid groups (broad SMARTS) is 1. The molecule has 3 aromatic rings. The summed E-state index contributed by atoms with van der Waals surface area (Å²) in [7, 11) is -1.21. The molecule has 2 aliphatic heterocycles. The molecular formula is C45H61N6O10PS. The third kappa shape index (κ3) is 11.0. The summed E-state index contributed by atoms with van der Waals surface area (Å²) in [6.45, 7) is 8.46. The molecule has 1 aromatic carbocycles. The number of fused-ring (bicyclic) bond motifs is 3. The van der Waals surface area contributed by atoms with Crippen LogP contribution in [-0.2, 0) is 28.2 Å². The molecule has 63 heavy (non-hydrogen) atoms. The summed E-state index contributed by atoms with van der Waals surface area (Å²) in [6, 6.07) is 5.25. The first-order valence-corrected chi connectivity index (χ1v) is 25.4. The number of carbonyl (C=O) groups excluding carboxylic acids is 3. The molecular weight excluding hydrogens is 848 g/mol. The Kier molecular flexibility index (Phi) is 14.7. The SMILES string of the molecule is CCOP(C)(=O)CCN(c1nc(-c2cc(O[C@@H]3C[C@H]4C(=O)N[C@]5(C(=O)O)C[C@@H]5/C=C\CCCCC[C@H](NC(=O)OC5CCCC5)C(=O)N4C3)c3ccc(OC)cc3n2)cs1)C(C)C. The van der Waals surface area contributed by atoms with Crippen molar-refractivity contribution in [3.8, 4) is 22.9 Å². The number of nitrogens with zero attached hydrogens (tertiary/aromatic N) is 4. The molecule has 18 heteroatoms. The average molecular weight is 909 g/mol. The Morgan fingerprint density at radius 2 is 1.86 bits per heavy atom. The number of carboxylic acids is 1. The normalized spacial score (nSPS) is 25.8. The Morgan fingerprint density at radius 3 is 2.59 bits per heavy atom. The number of allylic oxidation sites excluding steroid dienone is 1. The summed E-state index contributed by atoms with van der Waals surface area (Å²) in [6.07, 6.45) is 9.80. The second kappa shape index (κ2) is 20.0. The lowest BCUT2D eigenvalue weighted by Gasteiger charge is -2.29. The molecule has 4 heterocycles. The number of methoxy groups -OCH3 is 1. The quantitative estimate of drug-likeness (QED) is 0.107. The van der Waals surface area contributed by atoms with Crippen molar-refractivity contribution in [3.63, 3.8) is 0 Å². The first-order chi connectivity index (χ1) is 30.2. The predicted octanol–water partition coefficient (Wildman–Crippen LogP) is 7.39. The van der Waals surface area contributed by atoms with Gasteiger partial charge >= 0.3 is 12.1 Å². The van der Waals surface area contributed by atoms with Gasteiger partial charge in [-0.3, -0.25) is 14.2 Å². The van der Waals surface area contributed by atoms with Crippen molar-refractivity contribution in [3.05, 3.63) is 41.8 Å². The summed E-state index contributed by atoms with van der Waals surface area (Å²) in [5.41, 5.74) is 0.217. The number of aliphatic carboxylic acids is 1. The van der Waals surface area contributed by atoms with Crippen LogP contribution < -0.4 is 25.0 Å². The van der Waals surface area contributed by atoms with Crippen LogP contribution in [0.25, 0.3) is 22.3 Å². The number of amides is 3. The third-order valence-electron chi connectivity index (χ3n) is 12.5. The number of hydrogen-bond acceptors (Lipinski definition) is 13. The molecule has 1 unspecified atom stereocenters. The zero-order chi connectivity index (χ0) is 44.9. The zero-order valence-electron chi connectivity index (χ0n) is 36.9. The van der Waals surface area contributed by atoms with Crippen LogP contribution >= 0.6 is 18.7 Å². The van der Waals surface area contributed by atoms with E-state index in [0.717, 1.165) is 50.1 Å². The van der Waals surface area contributed by atoms with E-state index in [-0.39, 0.29) is 37.5 Å². The molecule has 3 N–H and O–H groups in total. The van der Waals surface area contributed by atoms with Gasteiger partial charge in [0.05, 0.1) is 31.5 Å². The van der Waals surface area contributed by atoms with Crippen LogP contribution in [-0.4, -0.2) is 119 Å². The molecule has 0 bridgehead atoms. The summed E-state index contributed by atoms with van der Waals surface area (Å²) in [4.78, 5) is 68.4. The number of alkyl carbamates (subject to hydrolysis) is 1. The monoisotopic (exact) mass is 908 g/mol. The Morgan fingerprint density at radius 1 is 1.08 bits per heavy atom. The van der Waals surface area contributed by atoms with E-state index in [0.29, 0.717) is 65.9 Å². The maximum atomic E-state index is 14.7. The molecule has 3 fully saturated rings.